The molecule has 1 aliphatic heterocycles. The van der Waals surface area contributed by atoms with E-state index in [1.54, 1.807) is 17.2 Å². The van der Waals surface area contributed by atoms with Crippen molar-refractivity contribution in [2.45, 2.75) is 25.4 Å². The Morgan fingerprint density at radius 3 is 2.84 bits per heavy atom. The highest BCUT2D eigenvalue weighted by atomic mass is 19.1. The van der Waals surface area contributed by atoms with Gasteiger partial charge in [-0.15, -0.1) is 0 Å². The quantitative estimate of drug-likeness (QED) is 0.926. The number of halogens is 1. The van der Waals surface area contributed by atoms with Crippen LogP contribution in [0.15, 0.2) is 42.6 Å². The van der Waals surface area contributed by atoms with Crippen LogP contribution < -0.4 is 4.74 Å². The van der Waals surface area contributed by atoms with Gasteiger partial charge in [0, 0.05) is 12.7 Å². The molecule has 2 aromatic rings. The molecular formula is C19H21FN2O3. The van der Waals surface area contributed by atoms with Crippen molar-refractivity contribution in [3.8, 4) is 5.75 Å². The highest BCUT2D eigenvalue weighted by molar-refractivity contribution is 5.93. The van der Waals surface area contributed by atoms with Gasteiger partial charge in [-0.25, -0.2) is 4.39 Å². The van der Waals surface area contributed by atoms with E-state index >= 15 is 0 Å². The van der Waals surface area contributed by atoms with Gasteiger partial charge < -0.3 is 14.7 Å². The molecule has 5 nitrogen and oxygen atoms in total. The fourth-order valence-corrected chi connectivity index (χ4v) is 3.01. The third kappa shape index (κ3) is 4.14. The highest BCUT2D eigenvalue weighted by Crippen LogP contribution is 2.24. The largest absolute Gasteiger partial charge is 0.491 e. The van der Waals surface area contributed by atoms with Crippen LogP contribution in [0.1, 0.15) is 28.9 Å². The summed E-state index contributed by atoms with van der Waals surface area (Å²) < 4.78 is 18.5. The van der Waals surface area contributed by atoms with Gasteiger partial charge in [-0.1, -0.05) is 6.07 Å². The first-order valence-electron chi connectivity index (χ1n) is 8.28. The number of benzene rings is 1. The Labute approximate surface area is 146 Å². The predicted octanol–water partition coefficient (Wildman–Crippen LogP) is 2.58. The van der Waals surface area contributed by atoms with Crippen LogP contribution >= 0.6 is 0 Å². The SMILES string of the molecule is Cc1cccnc1C(=O)N1CCCC(O)(COc2ccc(F)cc2)C1. The average molecular weight is 344 g/mol. The summed E-state index contributed by atoms with van der Waals surface area (Å²) in [5, 5.41) is 10.8. The predicted molar refractivity (Wildman–Crippen MR) is 91.0 cm³/mol. The minimum atomic E-state index is -1.13. The Bertz CT molecular complexity index is 751. The van der Waals surface area contributed by atoms with Crippen LogP contribution in [0.25, 0.3) is 0 Å². The van der Waals surface area contributed by atoms with E-state index in [1.807, 2.05) is 13.0 Å². The standard InChI is InChI=1S/C19H21FN2O3/c1-14-4-2-10-21-17(14)18(23)22-11-3-9-19(24,12-22)13-25-16-7-5-15(20)6-8-16/h2,4-8,10,24H,3,9,11-13H2,1H3. The third-order valence-electron chi connectivity index (χ3n) is 4.38. The fourth-order valence-electron chi connectivity index (χ4n) is 3.01. The first-order valence-corrected chi connectivity index (χ1v) is 8.28. The van der Waals surface area contributed by atoms with Gasteiger partial charge in [0.2, 0.25) is 0 Å². The molecule has 1 aromatic carbocycles. The summed E-state index contributed by atoms with van der Waals surface area (Å²) in [6, 6.07) is 9.27. The number of rotatable bonds is 4. The van der Waals surface area contributed by atoms with Gasteiger partial charge in [0.15, 0.2) is 0 Å². The van der Waals surface area contributed by atoms with Crippen molar-refractivity contribution >= 4 is 5.91 Å². The molecule has 1 aromatic heterocycles. The molecule has 6 heteroatoms. The van der Waals surface area contributed by atoms with Gasteiger partial charge in [-0.2, -0.15) is 0 Å². The lowest BCUT2D eigenvalue weighted by Gasteiger charge is -2.38. The number of hydrogen-bond donors (Lipinski definition) is 1. The Hall–Kier alpha value is -2.47. The molecule has 0 spiro atoms. The number of β-amino-alcohol motifs (C(OH)–C–C–N with tert-alkyl or cyclic N) is 1. The molecule has 3 rings (SSSR count). The average Bonchev–Trinajstić information content (AvgIpc) is 2.61. The van der Waals surface area contributed by atoms with Gasteiger partial charge >= 0.3 is 0 Å². The van der Waals surface area contributed by atoms with Crippen LogP contribution in [0.5, 0.6) is 5.75 Å². The molecule has 0 saturated carbocycles. The molecule has 1 N–H and O–H groups in total. The summed E-state index contributed by atoms with van der Waals surface area (Å²) in [4.78, 5) is 18.5. The van der Waals surface area contributed by atoms with Gasteiger partial charge in [0.25, 0.3) is 5.91 Å². The summed E-state index contributed by atoms with van der Waals surface area (Å²) >= 11 is 0. The maximum absolute atomic E-state index is 12.9. The van der Waals surface area contributed by atoms with E-state index in [0.29, 0.717) is 30.8 Å². The molecule has 1 unspecified atom stereocenters. The maximum Gasteiger partial charge on any atom is 0.272 e. The Kier molecular flexibility index (Phi) is 4.99. The molecule has 1 fully saturated rings. The zero-order valence-corrected chi connectivity index (χ0v) is 14.1. The molecule has 2 heterocycles. The van der Waals surface area contributed by atoms with E-state index in [2.05, 4.69) is 4.98 Å². The number of aryl methyl sites for hydroxylation is 1. The lowest BCUT2D eigenvalue weighted by Crippen LogP contribution is -2.53. The number of nitrogens with zero attached hydrogens (tertiary/aromatic N) is 2. The van der Waals surface area contributed by atoms with Crippen LogP contribution in [0, 0.1) is 12.7 Å². The second-order valence-corrected chi connectivity index (χ2v) is 6.47. The van der Waals surface area contributed by atoms with Gasteiger partial charge in [0.05, 0.1) is 6.54 Å². The Balaban J connectivity index is 1.66. The Morgan fingerprint density at radius 1 is 1.36 bits per heavy atom. The molecular weight excluding hydrogens is 323 g/mol. The van der Waals surface area contributed by atoms with Crippen LogP contribution in [0.2, 0.25) is 0 Å². The van der Waals surface area contributed by atoms with E-state index in [9.17, 15) is 14.3 Å². The van der Waals surface area contributed by atoms with Crippen molar-refractivity contribution < 1.29 is 19.0 Å². The maximum atomic E-state index is 12.9. The fraction of sp³-hybridized carbons (Fsp3) is 0.368. The number of amides is 1. The van der Waals surface area contributed by atoms with E-state index in [1.165, 1.54) is 24.3 Å². The minimum absolute atomic E-state index is 0.0453. The summed E-state index contributed by atoms with van der Waals surface area (Å²) in [5.41, 5.74) is 0.0840. The number of likely N-dealkylation sites (tertiary alicyclic amines) is 1. The van der Waals surface area contributed by atoms with Crippen molar-refractivity contribution in [3.05, 3.63) is 59.7 Å². The van der Waals surface area contributed by atoms with Crippen LogP contribution in [0.4, 0.5) is 4.39 Å². The topological polar surface area (TPSA) is 62.7 Å². The van der Waals surface area contributed by atoms with Crippen LogP contribution in [0.3, 0.4) is 0 Å². The van der Waals surface area contributed by atoms with Crippen molar-refractivity contribution in [2.75, 3.05) is 19.7 Å². The molecule has 0 bridgehead atoms. The van der Waals surface area contributed by atoms with E-state index in [0.717, 1.165) is 5.56 Å². The number of ether oxygens (including phenoxy) is 1. The third-order valence-corrected chi connectivity index (χ3v) is 4.38. The molecule has 0 radical (unpaired) electrons. The second kappa shape index (κ2) is 7.19. The monoisotopic (exact) mass is 344 g/mol. The van der Waals surface area contributed by atoms with Crippen LogP contribution in [-0.4, -0.2) is 46.2 Å². The lowest BCUT2D eigenvalue weighted by atomic mass is 9.93. The van der Waals surface area contributed by atoms with Crippen molar-refractivity contribution in [1.82, 2.24) is 9.88 Å². The van der Waals surface area contributed by atoms with Gasteiger partial charge in [-0.3, -0.25) is 9.78 Å². The molecule has 0 aliphatic carbocycles. The molecule has 25 heavy (non-hydrogen) atoms. The number of aliphatic hydroxyl groups is 1. The summed E-state index contributed by atoms with van der Waals surface area (Å²) in [5.74, 6) is -0.0388. The summed E-state index contributed by atoms with van der Waals surface area (Å²) in [6.45, 7) is 2.65. The van der Waals surface area contributed by atoms with Gasteiger partial charge in [-0.05, 0) is 55.7 Å². The normalized spacial score (nSPS) is 20.4. The molecule has 132 valence electrons. The summed E-state index contributed by atoms with van der Waals surface area (Å²) in [6.07, 6.45) is 2.81. The molecule has 1 amide bonds. The van der Waals surface area contributed by atoms with E-state index in [4.69, 9.17) is 4.74 Å². The number of carbonyl (C=O) groups is 1. The van der Waals surface area contributed by atoms with Crippen molar-refractivity contribution in [3.63, 3.8) is 0 Å². The second-order valence-electron chi connectivity index (χ2n) is 6.47. The lowest BCUT2D eigenvalue weighted by molar-refractivity contribution is -0.0533. The smallest absolute Gasteiger partial charge is 0.272 e. The number of hydrogen-bond acceptors (Lipinski definition) is 4. The highest BCUT2D eigenvalue weighted by Gasteiger charge is 2.36. The minimum Gasteiger partial charge on any atom is -0.491 e. The molecule has 1 aliphatic rings. The van der Waals surface area contributed by atoms with Crippen LogP contribution in [-0.2, 0) is 0 Å². The number of piperidine rings is 1. The first-order chi connectivity index (χ1) is 12.0. The molecule has 1 atom stereocenters. The number of aromatic nitrogens is 1. The summed E-state index contributed by atoms with van der Waals surface area (Å²) in [7, 11) is 0. The number of pyridine rings is 1. The Morgan fingerprint density at radius 2 is 2.12 bits per heavy atom. The zero-order chi connectivity index (χ0) is 17.9. The van der Waals surface area contributed by atoms with Crippen molar-refractivity contribution in [1.29, 1.82) is 0 Å². The van der Waals surface area contributed by atoms with E-state index in [-0.39, 0.29) is 24.9 Å². The van der Waals surface area contributed by atoms with Gasteiger partial charge in [0.1, 0.15) is 29.5 Å². The van der Waals surface area contributed by atoms with E-state index < -0.39 is 5.60 Å². The first kappa shape index (κ1) is 17.4. The molecule has 1 saturated heterocycles. The zero-order valence-electron chi connectivity index (χ0n) is 14.1. The number of carbonyl (C=O) groups excluding carboxylic acids is 1. The van der Waals surface area contributed by atoms with Crippen molar-refractivity contribution in [2.24, 2.45) is 0 Å².